The van der Waals surface area contributed by atoms with Crippen LogP contribution in [0.15, 0.2) is 6.20 Å². The average molecular weight is 164 g/mol. The van der Waals surface area contributed by atoms with Crippen LogP contribution in [0.5, 0.6) is 0 Å². The van der Waals surface area contributed by atoms with Gasteiger partial charge in [0, 0.05) is 6.20 Å². The summed E-state index contributed by atoms with van der Waals surface area (Å²) in [7, 11) is 0. The van der Waals surface area contributed by atoms with Gasteiger partial charge in [-0.15, -0.1) is 0 Å². The molecule has 0 radical (unpaired) electrons. The summed E-state index contributed by atoms with van der Waals surface area (Å²) in [5.74, 6) is 0. The highest BCUT2D eigenvalue weighted by Crippen LogP contribution is 2.04. The molecule has 0 aliphatic rings. The third kappa shape index (κ3) is 2.03. The molecule has 0 N–H and O–H groups in total. The summed E-state index contributed by atoms with van der Waals surface area (Å²) in [5, 5.41) is 0. The Hall–Kier alpha value is -0.920. The fraction of sp³-hybridized carbons (Fsp3) is 0.600. The van der Waals surface area contributed by atoms with Gasteiger partial charge >= 0.3 is 0 Å². The Morgan fingerprint density at radius 1 is 1.33 bits per heavy atom. The molecule has 1 aromatic rings. The summed E-state index contributed by atoms with van der Waals surface area (Å²) >= 11 is 0. The third-order valence-corrected chi connectivity index (χ3v) is 1.94. The van der Waals surface area contributed by atoms with Crippen molar-refractivity contribution in [3.05, 3.63) is 23.3 Å². The Morgan fingerprint density at radius 3 is 2.58 bits per heavy atom. The quantitative estimate of drug-likeness (QED) is 0.685. The second-order valence-corrected chi connectivity index (χ2v) is 3.00. The van der Waals surface area contributed by atoms with E-state index in [1.807, 2.05) is 13.1 Å². The number of rotatable bonds is 3. The van der Waals surface area contributed by atoms with Gasteiger partial charge in [0.15, 0.2) is 0 Å². The second-order valence-electron chi connectivity index (χ2n) is 3.00. The second kappa shape index (κ2) is 4.19. The van der Waals surface area contributed by atoms with Gasteiger partial charge in [-0.1, -0.05) is 20.3 Å². The Morgan fingerprint density at radius 2 is 2.08 bits per heavy atom. The molecule has 0 saturated heterocycles. The summed E-state index contributed by atoms with van der Waals surface area (Å²) in [5.41, 5.74) is 3.32. The van der Waals surface area contributed by atoms with Crippen molar-refractivity contribution in [2.75, 3.05) is 0 Å². The summed E-state index contributed by atoms with van der Waals surface area (Å²) in [6, 6.07) is 0. The van der Waals surface area contributed by atoms with E-state index in [9.17, 15) is 0 Å². The normalized spacial score (nSPS) is 10.2. The molecule has 0 aliphatic heterocycles. The molecule has 0 aromatic carbocycles. The van der Waals surface area contributed by atoms with Gasteiger partial charge in [0.05, 0.1) is 17.1 Å². The Balaban J connectivity index is 2.86. The molecule has 0 aliphatic carbocycles. The minimum Gasteiger partial charge on any atom is -0.258 e. The van der Waals surface area contributed by atoms with Crippen molar-refractivity contribution >= 4 is 0 Å². The zero-order chi connectivity index (χ0) is 8.97. The molecular formula is C10H16N2. The van der Waals surface area contributed by atoms with E-state index >= 15 is 0 Å². The van der Waals surface area contributed by atoms with E-state index in [1.54, 1.807) is 0 Å². The lowest BCUT2D eigenvalue weighted by Crippen LogP contribution is -1.99. The summed E-state index contributed by atoms with van der Waals surface area (Å²) in [6.45, 7) is 6.30. The molecule has 12 heavy (non-hydrogen) atoms. The first-order chi connectivity index (χ1) is 5.77. The topological polar surface area (TPSA) is 25.8 Å². The lowest BCUT2D eigenvalue weighted by Gasteiger charge is -2.03. The van der Waals surface area contributed by atoms with E-state index < -0.39 is 0 Å². The number of hydrogen-bond acceptors (Lipinski definition) is 2. The molecule has 0 atom stereocenters. The van der Waals surface area contributed by atoms with Crippen molar-refractivity contribution in [1.29, 1.82) is 0 Å². The van der Waals surface area contributed by atoms with E-state index in [0.29, 0.717) is 0 Å². The summed E-state index contributed by atoms with van der Waals surface area (Å²) in [4.78, 5) is 8.82. The first kappa shape index (κ1) is 9.17. The van der Waals surface area contributed by atoms with Gasteiger partial charge in [-0.05, 0) is 19.8 Å². The van der Waals surface area contributed by atoms with E-state index in [1.165, 1.54) is 0 Å². The van der Waals surface area contributed by atoms with E-state index in [2.05, 4.69) is 23.8 Å². The summed E-state index contributed by atoms with van der Waals surface area (Å²) < 4.78 is 0. The number of hydrogen-bond donors (Lipinski definition) is 0. The zero-order valence-electron chi connectivity index (χ0n) is 8.09. The van der Waals surface area contributed by atoms with Crippen molar-refractivity contribution in [2.45, 2.75) is 40.0 Å². The molecule has 0 bridgehead atoms. The van der Waals surface area contributed by atoms with Crippen LogP contribution < -0.4 is 0 Å². The van der Waals surface area contributed by atoms with E-state index in [4.69, 9.17) is 0 Å². The minimum absolute atomic E-state index is 0.977. The molecule has 2 nitrogen and oxygen atoms in total. The largest absolute Gasteiger partial charge is 0.258 e. The molecule has 66 valence electrons. The fourth-order valence-corrected chi connectivity index (χ4v) is 1.28. The van der Waals surface area contributed by atoms with Crippen molar-refractivity contribution in [3.8, 4) is 0 Å². The summed E-state index contributed by atoms with van der Waals surface area (Å²) in [6.07, 6.45) is 5.05. The maximum absolute atomic E-state index is 4.47. The maximum Gasteiger partial charge on any atom is 0.0613 e. The lowest BCUT2D eigenvalue weighted by atomic mass is 10.2. The smallest absolute Gasteiger partial charge is 0.0613 e. The highest BCUT2D eigenvalue weighted by Gasteiger charge is 1.99. The molecule has 0 saturated carbocycles. The standard InChI is InChI=1S/C10H16N2/c1-4-6-9-7-11-10(5-2)8(3)12-9/h7H,4-6H2,1-3H3. The predicted molar refractivity (Wildman–Crippen MR) is 50.1 cm³/mol. The van der Waals surface area contributed by atoms with E-state index in [-0.39, 0.29) is 0 Å². The Bertz CT molecular complexity index is 256. The fourth-order valence-electron chi connectivity index (χ4n) is 1.28. The predicted octanol–water partition coefficient (Wildman–Crippen LogP) is 2.30. The van der Waals surface area contributed by atoms with Crippen LogP contribution in [0.2, 0.25) is 0 Å². The van der Waals surface area contributed by atoms with Gasteiger partial charge in [0.1, 0.15) is 0 Å². The molecule has 0 spiro atoms. The van der Waals surface area contributed by atoms with Crippen molar-refractivity contribution in [1.82, 2.24) is 9.97 Å². The first-order valence-corrected chi connectivity index (χ1v) is 4.59. The molecule has 1 heterocycles. The van der Waals surface area contributed by atoms with Gasteiger partial charge in [-0.25, -0.2) is 0 Å². The minimum atomic E-state index is 0.977. The Labute approximate surface area is 74.1 Å². The van der Waals surface area contributed by atoms with Crippen LogP contribution in [0, 0.1) is 6.92 Å². The molecule has 0 unspecified atom stereocenters. The molecule has 2 heteroatoms. The highest BCUT2D eigenvalue weighted by molar-refractivity contribution is 5.12. The zero-order valence-corrected chi connectivity index (χ0v) is 8.09. The molecule has 1 rings (SSSR count). The SMILES string of the molecule is CCCc1cnc(CC)c(C)n1. The third-order valence-electron chi connectivity index (χ3n) is 1.94. The Kier molecular flexibility index (Phi) is 3.20. The number of aromatic nitrogens is 2. The van der Waals surface area contributed by atoms with Gasteiger partial charge in [-0.2, -0.15) is 0 Å². The maximum atomic E-state index is 4.47. The highest BCUT2D eigenvalue weighted by atomic mass is 14.8. The monoisotopic (exact) mass is 164 g/mol. The van der Waals surface area contributed by atoms with Crippen LogP contribution in [0.25, 0.3) is 0 Å². The van der Waals surface area contributed by atoms with Crippen LogP contribution in [0.3, 0.4) is 0 Å². The number of nitrogens with zero attached hydrogens (tertiary/aromatic N) is 2. The molecule has 1 aromatic heterocycles. The van der Waals surface area contributed by atoms with Crippen LogP contribution in [-0.4, -0.2) is 9.97 Å². The van der Waals surface area contributed by atoms with Crippen molar-refractivity contribution in [3.63, 3.8) is 0 Å². The van der Waals surface area contributed by atoms with Gasteiger partial charge in [0.2, 0.25) is 0 Å². The first-order valence-electron chi connectivity index (χ1n) is 4.59. The molecule has 0 fully saturated rings. The van der Waals surface area contributed by atoms with Crippen LogP contribution in [0.4, 0.5) is 0 Å². The molecule has 0 amide bonds. The van der Waals surface area contributed by atoms with Crippen molar-refractivity contribution < 1.29 is 0 Å². The van der Waals surface area contributed by atoms with Crippen molar-refractivity contribution in [2.24, 2.45) is 0 Å². The average Bonchev–Trinajstić information content (AvgIpc) is 2.05. The molecular weight excluding hydrogens is 148 g/mol. The van der Waals surface area contributed by atoms with Crippen LogP contribution in [0.1, 0.15) is 37.4 Å². The van der Waals surface area contributed by atoms with Gasteiger partial charge in [0.25, 0.3) is 0 Å². The van der Waals surface area contributed by atoms with Gasteiger partial charge in [-0.3, -0.25) is 9.97 Å². The van der Waals surface area contributed by atoms with E-state index in [0.717, 1.165) is 36.3 Å². The van der Waals surface area contributed by atoms with Gasteiger partial charge < -0.3 is 0 Å². The number of aryl methyl sites for hydroxylation is 3. The lowest BCUT2D eigenvalue weighted by molar-refractivity contribution is 0.839. The van der Waals surface area contributed by atoms with Crippen LogP contribution in [-0.2, 0) is 12.8 Å². The van der Waals surface area contributed by atoms with Crippen LogP contribution >= 0.6 is 0 Å².